The molecule has 0 radical (unpaired) electrons. The summed E-state index contributed by atoms with van der Waals surface area (Å²) < 4.78 is 23.2. The molecule has 6 nitrogen and oxygen atoms in total. The van der Waals surface area contributed by atoms with E-state index in [1.807, 2.05) is 73.6 Å². The van der Waals surface area contributed by atoms with E-state index < -0.39 is 18.8 Å². The van der Waals surface area contributed by atoms with Gasteiger partial charge in [-0.3, -0.25) is 0 Å². The number of nitrogens with one attached hydrogen (secondary N) is 1. The maximum Gasteiger partial charge on any atom is 0.494 e. The van der Waals surface area contributed by atoms with Gasteiger partial charge in [0.1, 0.15) is 18.0 Å². The van der Waals surface area contributed by atoms with Crippen LogP contribution in [0.25, 0.3) is 0 Å². The normalized spacial score (nSPS) is 18.3. The molecule has 0 atom stereocenters. The van der Waals surface area contributed by atoms with Gasteiger partial charge >= 0.3 is 13.2 Å². The molecule has 1 aromatic carbocycles. The van der Waals surface area contributed by atoms with Crippen molar-refractivity contribution in [1.82, 2.24) is 5.32 Å². The molecule has 1 aliphatic heterocycles. The van der Waals surface area contributed by atoms with Crippen molar-refractivity contribution in [3.05, 3.63) is 23.8 Å². The third-order valence-electron chi connectivity index (χ3n) is 4.64. The Bertz CT molecular complexity index is 665. The Morgan fingerprint density at radius 3 is 2.26 bits per heavy atom. The number of carbonyl (C=O) groups excluding carboxylic acids is 1. The van der Waals surface area contributed by atoms with Crippen LogP contribution >= 0.6 is 0 Å². The molecule has 0 saturated carbocycles. The molecule has 150 valence electrons. The molecule has 0 spiro atoms. The van der Waals surface area contributed by atoms with Crippen LogP contribution in [0, 0.1) is 6.92 Å². The molecule has 1 saturated heterocycles. The molecule has 1 amide bonds. The highest BCUT2D eigenvalue weighted by Gasteiger charge is 2.51. The molecule has 1 aromatic rings. The minimum absolute atomic E-state index is 0.339. The van der Waals surface area contributed by atoms with Crippen LogP contribution in [0.15, 0.2) is 18.2 Å². The Morgan fingerprint density at radius 1 is 1.11 bits per heavy atom. The van der Waals surface area contributed by atoms with E-state index in [2.05, 4.69) is 5.32 Å². The average molecular weight is 377 g/mol. The Hall–Kier alpha value is -1.73. The number of ether oxygens (including phenoxy) is 2. The predicted molar refractivity (Wildman–Crippen MR) is 107 cm³/mol. The Labute approximate surface area is 163 Å². The topological polar surface area (TPSA) is 66.0 Å². The highest BCUT2D eigenvalue weighted by Crippen LogP contribution is 2.36. The van der Waals surface area contributed by atoms with Crippen LogP contribution in [0.1, 0.15) is 54.0 Å². The van der Waals surface area contributed by atoms with E-state index in [1.54, 1.807) is 0 Å². The van der Waals surface area contributed by atoms with Gasteiger partial charge in [-0.2, -0.15) is 0 Å². The first-order valence-corrected chi connectivity index (χ1v) is 9.36. The van der Waals surface area contributed by atoms with Crippen LogP contribution in [-0.4, -0.2) is 43.2 Å². The lowest BCUT2D eigenvalue weighted by molar-refractivity contribution is 0.00578. The van der Waals surface area contributed by atoms with Crippen LogP contribution in [0.5, 0.6) is 5.75 Å². The van der Waals surface area contributed by atoms with Crippen molar-refractivity contribution < 1.29 is 23.6 Å². The molecule has 0 bridgehead atoms. The monoisotopic (exact) mass is 377 g/mol. The maximum absolute atomic E-state index is 11.7. The summed E-state index contributed by atoms with van der Waals surface area (Å²) in [7, 11) is -0.433. The van der Waals surface area contributed by atoms with E-state index >= 15 is 0 Å². The molecule has 0 aliphatic carbocycles. The van der Waals surface area contributed by atoms with Crippen LogP contribution in [0.2, 0.25) is 0 Å². The van der Waals surface area contributed by atoms with Crippen LogP contribution in [0.4, 0.5) is 4.79 Å². The van der Waals surface area contributed by atoms with Gasteiger partial charge in [0, 0.05) is 0 Å². The van der Waals surface area contributed by atoms with Gasteiger partial charge in [-0.15, -0.1) is 0 Å². The number of hydrogen-bond donors (Lipinski definition) is 1. The lowest BCUT2D eigenvalue weighted by atomic mass is 9.78. The number of benzene rings is 1. The minimum atomic E-state index is -0.515. The fourth-order valence-corrected chi connectivity index (χ4v) is 2.61. The average Bonchev–Trinajstić information content (AvgIpc) is 2.70. The van der Waals surface area contributed by atoms with E-state index in [0.29, 0.717) is 18.9 Å². The van der Waals surface area contributed by atoms with Crippen LogP contribution in [0.3, 0.4) is 0 Å². The summed E-state index contributed by atoms with van der Waals surface area (Å²) in [6.07, 6.45) is -0.451. The summed E-state index contributed by atoms with van der Waals surface area (Å²) in [6.45, 7) is 16.3. The number of hydrogen-bond acceptors (Lipinski definition) is 5. The summed E-state index contributed by atoms with van der Waals surface area (Å²) in [4.78, 5) is 11.7. The van der Waals surface area contributed by atoms with Gasteiger partial charge < -0.3 is 24.1 Å². The largest absolute Gasteiger partial charge is 0.494 e. The van der Waals surface area contributed by atoms with E-state index in [1.165, 1.54) is 0 Å². The van der Waals surface area contributed by atoms with Gasteiger partial charge in [0.05, 0.1) is 17.7 Å². The third-order valence-corrected chi connectivity index (χ3v) is 4.64. The zero-order valence-corrected chi connectivity index (χ0v) is 17.8. The van der Waals surface area contributed by atoms with Gasteiger partial charge in [0.2, 0.25) is 0 Å². The summed E-state index contributed by atoms with van der Waals surface area (Å²) in [5.41, 5.74) is 0.680. The summed E-state index contributed by atoms with van der Waals surface area (Å²) >= 11 is 0. The Morgan fingerprint density at radius 2 is 1.70 bits per heavy atom. The van der Waals surface area contributed by atoms with E-state index in [0.717, 1.165) is 11.0 Å². The highest BCUT2D eigenvalue weighted by atomic mass is 16.7. The van der Waals surface area contributed by atoms with Crippen molar-refractivity contribution in [3.63, 3.8) is 0 Å². The first-order valence-electron chi connectivity index (χ1n) is 9.36. The van der Waals surface area contributed by atoms with Crippen molar-refractivity contribution >= 4 is 18.7 Å². The molecule has 1 aliphatic rings. The number of rotatable bonds is 5. The lowest BCUT2D eigenvalue weighted by Crippen LogP contribution is -2.41. The first kappa shape index (κ1) is 21.6. The maximum atomic E-state index is 11.7. The zero-order valence-electron chi connectivity index (χ0n) is 17.8. The summed E-state index contributed by atoms with van der Waals surface area (Å²) in [5, 5.41) is 2.68. The quantitative estimate of drug-likeness (QED) is 0.631. The zero-order chi connectivity index (χ0) is 20.5. The minimum Gasteiger partial charge on any atom is -0.492 e. The number of aryl methyl sites for hydroxylation is 1. The van der Waals surface area contributed by atoms with E-state index in [4.69, 9.17) is 18.8 Å². The fourth-order valence-electron chi connectivity index (χ4n) is 2.61. The van der Waals surface area contributed by atoms with Crippen molar-refractivity contribution in [2.75, 3.05) is 13.2 Å². The molecular formula is C20H32BNO5. The second-order valence-corrected chi connectivity index (χ2v) is 8.94. The van der Waals surface area contributed by atoms with E-state index in [9.17, 15) is 4.79 Å². The van der Waals surface area contributed by atoms with Crippen molar-refractivity contribution in [2.24, 2.45) is 0 Å². The highest BCUT2D eigenvalue weighted by molar-refractivity contribution is 6.62. The molecule has 1 heterocycles. The van der Waals surface area contributed by atoms with E-state index in [-0.39, 0.29) is 11.2 Å². The van der Waals surface area contributed by atoms with Crippen LogP contribution < -0.4 is 15.5 Å². The third kappa shape index (κ3) is 5.88. The van der Waals surface area contributed by atoms with Gasteiger partial charge in [-0.25, -0.2) is 4.79 Å². The van der Waals surface area contributed by atoms with Crippen molar-refractivity contribution in [1.29, 1.82) is 0 Å². The summed E-state index contributed by atoms with van der Waals surface area (Å²) in [5.74, 6) is 0.714. The summed E-state index contributed by atoms with van der Waals surface area (Å²) in [6, 6.07) is 5.90. The van der Waals surface area contributed by atoms with Gasteiger partial charge in [-0.1, -0.05) is 6.07 Å². The SMILES string of the molecule is Cc1cc(OCCNC(=O)OC(C)(C)C)cc(B2OC(C)(C)C(C)(C)O2)c1. The second-order valence-electron chi connectivity index (χ2n) is 8.94. The fraction of sp³-hybridized carbons (Fsp3) is 0.650. The van der Waals surface area contributed by atoms with Gasteiger partial charge in [0.15, 0.2) is 0 Å². The molecule has 1 fully saturated rings. The smallest absolute Gasteiger partial charge is 0.492 e. The standard InChI is InChI=1S/C20H32BNO5/c1-14-11-15(21-26-19(5,6)20(7,8)27-21)13-16(12-14)24-10-9-22-17(23)25-18(2,3)4/h11-13H,9-10H2,1-8H3,(H,22,23). The predicted octanol–water partition coefficient (Wildman–Crippen LogP) is 3.20. The van der Waals surface area contributed by atoms with Crippen molar-refractivity contribution in [3.8, 4) is 5.75 Å². The molecule has 7 heteroatoms. The Kier molecular flexibility index (Phi) is 6.17. The number of carbonyl (C=O) groups is 1. The van der Waals surface area contributed by atoms with Gasteiger partial charge in [0.25, 0.3) is 0 Å². The number of amides is 1. The molecular weight excluding hydrogens is 345 g/mol. The lowest BCUT2D eigenvalue weighted by Gasteiger charge is -2.32. The molecule has 1 N–H and O–H groups in total. The number of alkyl carbamates (subject to hydrolysis) is 1. The Balaban J connectivity index is 1.93. The molecule has 0 aromatic heterocycles. The molecule has 2 rings (SSSR count). The second kappa shape index (κ2) is 7.72. The first-order chi connectivity index (χ1) is 12.3. The molecule has 27 heavy (non-hydrogen) atoms. The van der Waals surface area contributed by atoms with Gasteiger partial charge in [-0.05, 0) is 78.5 Å². The van der Waals surface area contributed by atoms with Crippen molar-refractivity contribution in [2.45, 2.75) is 72.2 Å². The van der Waals surface area contributed by atoms with Crippen LogP contribution in [-0.2, 0) is 14.0 Å². The molecule has 0 unspecified atom stereocenters.